The summed E-state index contributed by atoms with van der Waals surface area (Å²) < 4.78 is 6.34. The third kappa shape index (κ3) is 3.09. The molecule has 0 fully saturated rings. The summed E-state index contributed by atoms with van der Waals surface area (Å²) in [6.07, 6.45) is 4.34. The van der Waals surface area contributed by atoms with E-state index in [1.165, 1.54) is 0 Å². The molecule has 3 nitrogen and oxygen atoms in total. The van der Waals surface area contributed by atoms with Gasteiger partial charge in [0.15, 0.2) is 0 Å². The number of nitrogens with two attached hydrogens (primary N) is 1. The molecule has 4 heteroatoms. The highest BCUT2D eigenvalue weighted by Crippen LogP contribution is 2.29. The minimum Gasteiger partial charge on any atom is -0.496 e. The van der Waals surface area contributed by atoms with Gasteiger partial charge < -0.3 is 10.5 Å². The molecular weight excluding hydrogens is 292 g/mol. The second kappa shape index (κ2) is 5.98. The number of ether oxygens (including phenoxy) is 1. The van der Waals surface area contributed by atoms with E-state index in [9.17, 15) is 0 Å². The van der Waals surface area contributed by atoms with Crippen LogP contribution in [0.1, 0.15) is 17.2 Å². The summed E-state index contributed by atoms with van der Waals surface area (Å²) in [6, 6.07) is 9.74. The van der Waals surface area contributed by atoms with E-state index in [0.29, 0.717) is 0 Å². The van der Waals surface area contributed by atoms with Crippen molar-refractivity contribution in [2.75, 3.05) is 7.11 Å². The van der Waals surface area contributed by atoms with Crippen LogP contribution in [0.5, 0.6) is 5.75 Å². The molecule has 0 amide bonds. The molecule has 2 N–H and O–H groups in total. The fraction of sp³-hybridized carbons (Fsp3) is 0.214. The van der Waals surface area contributed by atoms with Crippen LogP contribution in [0.3, 0.4) is 0 Å². The van der Waals surface area contributed by atoms with E-state index in [-0.39, 0.29) is 6.04 Å². The largest absolute Gasteiger partial charge is 0.496 e. The van der Waals surface area contributed by atoms with Gasteiger partial charge in [-0.05, 0) is 30.2 Å². The van der Waals surface area contributed by atoms with E-state index in [1.807, 2.05) is 36.5 Å². The van der Waals surface area contributed by atoms with Crippen molar-refractivity contribution in [1.82, 2.24) is 4.98 Å². The van der Waals surface area contributed by atoms with Gasteiger partial charge in [-0.3, -0.25) is 4.98 Å². The Morgan fingerprint density at radius 1 is 1.39 bits per heavy atom. The summed E-state index contributed by atoms with van der Waals surface area (Å²) >= 11 is 3.42. The molecule has 0 saturated carbocycles. The van der Waals surface area contributed by atoms with Gasteiger partial charge in [-0.1, -0.05) is 28.1 Å². The molecule has 0 bridgehead atoms. The van der Waals surface area contributed by atoms with Gasteiger partial charge in [-0.25, -0.2) is 0 Å². The van der Waals surface area contributed by atoms with Crippen molar-refractivity contribution in [3.8, 4) is 5.75 Å². The van der Waals surface area contributed by atoms with Crippen LogP contribution in [0.25, 0.3) is 0 Å². The first-order valence-electron chi connectivity index (χ1n) is 5.68. The lowest BCUT2D eigenvalue weighted by Gasteiger charge is -2.16. The zero-order valence-corrected chi connectivity index (χ0v) is 11.7. The standard InChI is InChI=1S/C14H15BrN2O/c1-18-14-8-11(15)4-5-12(14)13(16)7-10-3-2-6-17-9-10/h2-6,8-9,13H,7,16H2,1H3. The van der Waals surface area contributed by atoms with Gasteiger partial charge in [0.25, 0.3) is 0 Å². The van der Waals surface area contributed by atoms with Crippen molar-refractivity contribution in [3.63, 3.8) is 0 Å². The number of benzene rings is 1. The van der Waals surface area contributed by atoms with Crippen molar-refractivity contribution >= 4 is 15.9 Å². The number of nitrogens with zero attached hydrogens (tertiary/aromatic N) is 1. The molecule has 1 atom stereocenters. The molecule has 18 heavy (non-hydrogen) atoms. The summed E-state index contributed by atoms with van der Waals surface area (Å²) in [5.74, 6) is 0.806. The number of hydrogen-bond acceptors (Lipinski definition) is 3. The van der Waals surface area contributed by atoms with Crippen LogP contribution in [0, 0.1) is 0 Å². The third-order valence-corrected chi connectivity index (χ3v) is 3.27. The normalized spacial score (nSPS) is 12.2. The molecule has 0 aliphatic rings. The second-order valence-electron chi connectivity index (χ2n) is 4.06. The summed E-state index contributed by atoms with van der Waals surface area (Å²) in [5.41, 5.74) is 8.35. The molecule has 94 valence electrons. The number of methoxy groups -OCH3 is 1. The SMILES string of the molecule is COc1cc(Br)ccc1C(N)Cc1cccnc1. The first kappa shape index (κ1) is 13.1. The fourth-order valence-electron chi connectivity index (χ4n) is 1.87. The van der Waals surface area contributed by atoms with Crippen LogP contribution in [0.4, 0.5) is 0 Å². The number of hydrogen-bond donors (Lipinski definition) is 1. The molecule has 1 unspecified atom stereocenters. The topological polar surface area (TPSA) is 48.1 Å². The third-order valence-electron chi connectivity index (χ3n) is 2.77. The maximum absolute atomic E-state index is 6.23. The predicted octanol–water partition coefficient (Wildman–Crippen LogP) is 3.10. The van der Waals surface area contributed by atoms with Gasteiger partial charge in [0.1, 0.15) is 5.75 Å². The Labute approximate surface area is 115 Å². The van der Waals surface area contributed by atoms with E-state index >= 15 is 0 Å². The van der Waals surface area contributed by atoms with Crippen LogP contribution >= 0.6 is 15.9 Å². The molecule has 2 rings (SSSR count). The van der Waals surface area contributed by atoms with Crippen LogP contribution < -0.4 is 10.5 Å². The number of halogens is 1. The average molecular weight is 307 g/mol. The van der Waals surface area contributed by atoms with E-state index in [0.717, 1.165) is 27.8 Å². The highest BCUT2D eigenvalue weighted by molar-refractivity contribution is 9.10. The quantitative estimate of drug-likeness (QED) is 0.944. The molecule has 0 saturated heterocycles. The fourth-order valence-corrected chi connectivity index (χ4v) is 2.21. The summed E-state index contributed by atoms with van der Waals surface area (Å²) in [4.78, 5) is 4.09. The van der Waals surface area contributed by atoms with Gasteiger partial charge in [0.2, 0.25) is 0 Å². The van der Waals surface area contributed by atoms with Crippen molar-refractivity contribution in [1.29, 1.82) is 0 Å². The number of rotatable bonds is 4. The molecular formula is C14H15BrN2O. The lowest BCUT2D eigenvalue weighted by molar-refractivity contribution is 0.405. The average Bonchev–Trinajstić information content (AvgIpc) is 2.39. The lowest BCUT2D eigenvalue weighted by atomic mass is 10.00. The Morgan fingerprint density at radius 3 is 2.89 bits per heavy atom. The van der Waals surface area contributed by atoms with Crippen LogP contribution in [0.15, 0.2) is 47.2 Å². The maximum Gasteiger partial charge on any atom is 0.124 e. The van der Waals surface area contributed by atoms with E-state index in [1.54, 1.807) is 13.3 Å². The minimum absolute atomic E-state index is 0.0998. The van der Waals surface area contributed by atoms with Crippen molar-refractivity contribution in [2.24, 2.45) is 5.73 Å². The summed E-state index contributed by atoms with van der Waals surface area (Å²) in [7, 11) is 1.65. The monoisotopic (exact) mass is 306 g/mol. The second-order valence-corrected chi connectivity index (χ2v) is 4.97. The molecule has 1 heterocycles. The smallest absolute Gasteiger partial charge is 0.124 e. The molecule has 1 aromatic carbocycles. The lowest BCUT2D eigenvalue weighted by Crippen LogP contribution is -2.14. The van der Waals surface area contributed by atoms with Gasteiger partial charge in [-0.2, -0.15) is 0 Å². The minimum atomic E-state index is -0.0998. The molecule has 0 radical (unpaired) electrons. The molecule has 0 aliphatic heterocycles. The Bertz CT molecular complexity index is 516. The summed E-state index contributed by atoms with van der Waals surface area (Å²) in [5, 5.41) is 0. The Kier molecular flexibility index (Phi) is 4.33. The van der Waals surface area contributed by atoms with Crippen LogP contribution in [0.2, 0.25) is 0 Å². The Hall–Kier alpha value is -1.39. The number of pyridine rings is 1. The van der Waals surface area contributed by atoms with Crippen molar-refractivity contribution in [3.05, 3.63) is 58.3 Å². The molecule has 1 aromatic heterocycles. The zero-order chi connectivity index (χ0) is 13.0. The van der Waals surface area contributed by atoms with Crippen molar-refractivity contribution < 1.29 is 4.74 Å². The van der Waals surface area contributed by atoms with E-state index in [2.05, 4.69) is 20.9 Å². The van der Waals surface area contributed by atoms with Crippen LogP contribution in [-0.2, 0) is 6.42 Å². The van der Waals surface area contributed by atoms with Crippen molar-refractivity contribution in [2.45, 2.75) is 12.5 Å². The summed E-state index contributed by atoms with van der Waals surface area (Å²) in [6.45, 7) is 0. The molecule has 0 aliphatic carbocycles. The molecule has 2 aromatic rings. The zero-order valence-electron chi connectivity index (χ0n) is 10.1. The van der Waals surface area contributed by atoms with Gasteiger partial charge in [0, 0.05) is 28.5 Å². The maximum atomic E-state index is 6.23. The van der Waals surface area contributed by atoms with Gasteiger partial charge in [0.05, 0.1) is 7.11 Å². The first-order valence-corrected chi connectivity index (χ1v) is 6.48. The number of aromatic nitrogens is 1. The predicted molar refractivity (Wildman–Crippen MR) is 75.6 cm³/mol. The highest BCUT2D eigenvalue weighted by Gasteiger charge is 2.12. The van der Waals surface area contributed by atoms with Crippen LogP contribution in [-0.4, -0.2) is 12.1 Å². The Balaban J connectivity index is 2.21. The van der Waals surface area contributed by atoms with E-state index < -0.39 is 0 Å². The Morgan fingerprint density at radius 2 is 2.22 bits per heavy atom. The molecule has 0 spiro atoms. The van der Waals surface area contributed by atoms with E-state index in [4.69, 9.17) is 10.5 Å². The highest BCUT2D eigenvalue weighted by atomic mass is 79.9. The van der Waals surface area contributed by atoms with Gasteiger partial charge in [-0.15, -0.1) is 0 Å². The first-order chi connectivity index (χ1) is 8.70. The van der Waals surface area contributed by atoms with Gasteiger partial charge >= 0.3 is 0 Å².